The quantitative estimate of drug-likeness (QED) is 0.783. The zero-order valence-electron chi connectivity index (χ0n) is 11.3. The van der Waals surface area contributed by atoms with Gasteiger partial charge in [-0.15, -0.1) is 0 Å². The Hall–Kier alpha value is -1.29. The highest BCUT2D eigenvalue weighted by Gasteiger charge is 2.26. The molecule has 0 N–H and O–H groups in total. The minimum absolute atomic E-state index is 0.145. The first-order chi connectivity index (χ1) is 8.99. The van der Waals surface area contributed by atoms with Crippen LogP contribution in [0.4, 0.5) is 8.78 Å². The average Bonchev–Trinajstić information content (AvgIpc) is 2.41. The number of benzene rings is 1. The Bertz CT molecular complexity index is 467. The molecule has 0 radical (unpaired) electrons. The number of carbonyl (C=O) groups is 1. The predicted molar refractivity (Wildman–Crippen MR) is 70.1 cm³/mol. The Kier molecular flexibility index (Phi) is 4.30. The van der Waals surface area contributed by atoms with Gasteiger partial charge < -0.3 is 0 Å². The number of rotatable bonds is 3. The van der Waals surface area contributed by atoms with Crippen LogP contribution in [0.2, 0.25) is 0 Å². The summed E-state index contributed by atoms with van der Waals surface area (Å²) in [4.78, 5) is 14.4. The minimum Gasteiger partial charge on any atom is -0.293 e. The van der Waals surface area contributed by atoms with E-state index in [1.807, 2.05) is 6.92 Å². The van der Waals surface area contributed by atoms with Crippen LogP contribution in [0, 0.1) is 17.6 Å². The molecule has 1 saturated heterocycles. The van der Waals surface area contributed by atoms with Crippen LogP contribution >= 0.6 is 0 Å². The molecule has 4 heteroatoms. The summed E-state index contributed by atoms with van der Waals surface area (Å²) in [6.07, 6.45) is 2.16. The molecule has 0 saturated carbocycles. The van der Waals surface area contributed by atoms with Gasteiger partial charge in [-0.3, -0.25) is 9.69 Å². The highest BCUT2D eigenvalue weighted by Crippen LogP contribution is 2.20. The first-order valence-electron chi connectivity index (χ1n) is 6.72. The Morgan fingerprint density at radius 1 is 1.26 bits per heavy atom. The van der Waals surface area contributed by atoms with E-state index in [1.165, 1.54) is 6.07 Å². The van der Waals surface area contributed by atoms with E-state index in [2.05, 4.69) is 11.8 Å². The molecule has 0 aliphatic carbocycles. The lowest BCUT2D eigenvalue weighted by atomic mass is 9.96. The molecule has 1 aromatic rings. The van der Waals surface area contributed by atoms with Crippen molar-refractivity contribution in [3.8, 4) is 0 Å². The monoisotopic (exact) mass is 267 g/mol. The molecule has 104 valence electrons. The van der Waals surface area contributed by atoms with Crippen molar-refractivity contribution >= 4 is 5.78 Å². The van der Waals surface area contributed by atoms with Crippen LogP contribution in [-0.2, 0) is 0 Å². The Morgan fingerprint density at radius 2 is 1.89 bits per heavy atom. The lowest BCUT2D eigenvalue weighted by Crippen LogP contribution is -2.43. The van der Waals surface area contributed by atoms with Crippen molar-refractivity contribution in [1.29, 1.82) is 0 Å². The molecule has 1 aliphatic rings. The van der Waals surface area contributed by atoms with E-state index >= 15 is 0 Å². The van der Waals surface area contributed by atoms with Gasteiger partial charge in [0.25, 0.3) is 0 Å². The van der Waals surface area contributed by atoms with E-state index in [0.29, 0.717) is 5.92 Å². The summed E-state index contributed by atoms with van der Waals surface area (Å²) in [5.41, 5.74) is 0.241. The van der Waals surface area contributed by atoms with Crippen molar-refractivity contribution in [2.45, 2.75) is 32.7 Å². The van der Waals surface area contributed by atoms with Gasteiger partial charge in [0, 0.05) is 5.56 Å². The van der Waals surface area contributed by atoms with Crippen LogP contribution in [-0.4, -0.2) is 29.8 Å². The Balaban J connectivity index is 2.08. The van der Waals surface area contributed by atoms with Gasteiger partial charge in [-0.05, 0) is 57.0 Å². The molecular weight excluding hydrogens is 248 g/mol. The topological polar surface area (TPSA) is 20.3 Å². The zero-order valence-corrected chi connectivity index (χ0v) is 11.3. The van der Waals surface area contributed by atoms with Gasteiger partial charge in [-0.2, -0.15) is 0 Å². The van der Waals surface area contributed by atoms with E-state index in [0.717, 1.165) is 38.1 Å². The van der Waals surface area contributed by atoms with Gasteiger partial charge in [-0.1, -0.05) is 6.92 Å². The predicted octanol–water partition coefficient (Wildman–Crippen LogP) is 3.27. The van der Waals surface area contributed by atoms with Crippen LogP contribution in [0.1, 0.15) is 37.0 Å². The number of nitrogens with zero attached hydrogens (tertiary/aromatic N) is 1. The van der Waals surface area contributed by atoms with Gasteiger partial charge >= 0.3 is 0 Å². The first-order valence-corrected chi connectivity index (χ1v) is 6.72. The van der Waals surface area contributed by atoms with Crippen LogP contribution in [0.25, 0.3) is 0 Å². The van der Waals surface area contributed by atoms with Gasteiger partial charge in [-0.25, -0.2) is 8.78 Å². The standard InChI is InChI=1S/C15H19F2NO/c1-10-5-7-18(8-6-10)11(2)15(19)12-3-4-13(16)14(17)9-12/h3-4,9-11H,5-8H2,1-2H3. The largest absolute Gasteiger partial charge is 0.293 e. The van der Waals surface area contributed by atoms with E-state index in [-0.39, 0.29) is 17.4 Å². The van der Waals surface area contributed by atoms with Crippen LogP contribution in [0.3, 0.4) is 0 Å². The molecular formula is C15H19F2NO. The van der Waals surface area contributed by atoms with Crippen molar-refractivity contribution < 1.29 is 13.6 Å². The van der Waals surface area contributed by atoms with Gasteiger partial charge in [0.05, 0.1) is 6.04 Å². The van der Waals surface area contributed by atoms with Crippen molar-refractivity contribution in [2.75, 3.05) is 13.1 Å². The molecule has 0 bridgehead atoms. The summed E-state index contributed by atoms with van der Waals surface area (Å²) < 4.78 is 26.0. The lowest BCUT2D eigenvalue weighted by molar-refractivity contribution is 0.0778. The second-order valence-corrected chi connectivity index (χ2v) is 5.39. The summed E-state index contributed by atoms with van der Waals surface area (Å²) in [6.45, 7) is 5.81. The van der Waals surface area contributed by atoms with E-state index < -0.39 is 11.6 Å². The van der Waals surface area contributed by atoms with Gasteiger partial charge in [0.15, 0.2) is 17.4 Å². The van der Waals surface area contributed by atoms with E-state index in [9.17, 15) is 13.6 Å². The van der Waals surface area contributed by atoms with Crippen LogP contribution < -0.4 is 0 Å². The number of Topliss-reactive ketones (excluding diaryl/α,β-unsaturated/α-hetero) is 1. The summed E-state index contributed by atoms with van der Waals surface area (Å²) in [5, 5.41) is 0. The summed E-state index contributed by atoms with van der Waals surface area (Å²) >= 11 is 0. The molecule has 1 aromatic carbocycles. The smallest absolute Gasteiger partial charge is 0.179 e. The average molecular weight is 267 g/mol. The number of ketones is 1. The molecule has 2 nitrogen and oxygen atoms in total. The van der Waals surface area contributed by atoms with Crippen molar-refractivity contribution in [3.63, 3.8) is 0 Å². The molecule has 0 spiro atoms. The normalized spacial score (nSPS) is 19.4. The number of hydrogen-bond donors (Lipinski definition) is 0. The number of hydrogen-bond acceptors (Lipinski definition) is 2. The van der Waals surface area contributed by atoms with E-state index in [1.54, 1.807) is 0 Å². The fraction of sp³-hybridized carbons (Fsp3) is 0.533. The third-order valence-corrected chi connectivity index (χ3v) is 3.95. The zero-order chi connectivity index (χ0) is 14.0. The second-order valence-electron chi connectivity index (χ2n) is 5.39. The summed E-state index contributed by atoms with van der Waals surface area (Å²) in [5.74, 6) is -1.34. The first kappa shape index (κ1) is 14.1. The highest BCUT2D eigenvalue weighted by atomic mass is 19.2. The molecule has 19 heavy (non-hydrogen) atoms. The third kappa shape index (κ3) is 3.18. The number of halogens is 2. The fourth-order valence-electron chi connectivity index (χ4n) is 2.47. The Morgan fingerprint density at radius 3 is 2.47 bits per heavy atom. The SMILES string of the molecule is CC1CCN(C(C)C(=O)c2ccc(F)c(F)c2)CC1. The molecule has 1 atom stereocenters. The summed E-state index contributed by atoms with van der Waals surface area (Å²) in [7, 11) is 0. The van der Waals surface area contributed by atoms with Gasteiger partial charge in [0.1, 0.15) is 0 Å². The molecule has 0 amide bonds. The molecule has 1 heterocycles. The number of piperidine rings is 1. The number of likely N-dealkylation sites (tertiary alicyclic amines) is 1. The molecule has 1 fully saturated rings. The number of carbonyl (C=O) groups excluding carboxylic acids is 1. The lowest BCUT2D eigenvalue weighted by Gasteiger charge is -2.34. The maximum Gasteiger partial charge on any atom is 0.179 e. The van der Waals surface area contributed by atoms with Crippen LogP contribution in [0.15, 0.2) is 18.2 Å². The molecule has 0 aromatic heterocycles. The van der Waals surface area contributed by atoms with Crippen molar-refractivity contribution in [3.05, 3.63) is 35.4 Å². The maximum absolute atomic E-state index is 13.2. The Labute approximate surface area is 112 Å². The fourth-order valence-corrected chi connectivity index (χ4v) is 2.47. The molecule has 2 rings (SSSR count). The van der Waals surface area contributed by atoms with Crippen molar-refractivity contribution in [1.82, 2.24) is 4.90 Å². The van der Waals surface area contributed by atoms with Crippen molar-refractivity contribution in [2.24, 2.45) is 5.92 Å². The summed E-state index contributed by atoms with van der Waals surface area (Å²) in [6, 6.07) is 3.07. The van der Waals surface area contributed by atoms with E-state index in [4.69, 9.17) is 0 Å². The second kappa shape index (κ2) is 5.78. The van der Waals surface area contributed by atoms with Crippen LogP contribution in [0.5, 0.6) is 0 Å². The molecule has 1 aliphatic heterocycles. The third-order valence-electron chi connectivity index (χ3n) is 3.95. The highest BCUT2D eigenvalue weighted by molar-refractivity contribution is 5.99. The maximum atomic E-state index is 13.2. The van der Waals surface area contributed by atoms with Gasteiger partial charge in [0.2, 0.25) is 0 Å². The minimum atomic E-state index is -0.967. The molecule has 1 unspecified atom stereocenters.